The van der Waals surface area contributed by atoms with Crippen molar-refractivity contribution >= 4 is 22.1 Å². The van der Waals surface area contributed by atoms with Gasteiger partial charge in [0.1, 0.15) is 0 Å². The first-order valence-corrected chi connectivity index (χ1v) is 4.76. The van der Waals surface area contributed by atoms with Crippen molar-refractivity contribution in [2.45, 2.75) is 19.9 Å². The maximum absolute atomic E-state index is 4.28. The molecule has 0 aliphatic carbocycles. The van der Waals surface area contributed by atoms with Crippen molar-refractivity contribution in [1.29, 1.82) is 0 Å². The van der Waals surface area contributed by atoms with Gasteiger partial charge in [0.15, 0.2) is 0 Å². The van der Waals surface area contributed by atoms with Crippen LogP contribution in [0.4, 0.5) is 0 Å². The molecule has 1 rings (SSSR count). The molecule has 0 aromatic heterocycles. The Morgan fingerprint density at radius 2 is 1.83 bits per heavy atom. The third-order valence-electron chi connectivity index (χ3n) is 1.39. The predicted octanol–water partition coefficient (Wildman–Crippen LogP) is 3.28. The maximum atomic E-state index is 4.28. The minimum atomic E-state index is 0.369. The van der Waals surface area contributed by atoms with E-state index in [9.17, 15) is 0 Å². The first-order chi connectivity index (χ1) is 5.68. The molecule has 64 valence electrons. The summed E-state index contributed by atoms with van der Waals surface area (Å²) in [6, 6.07) is 8.48. The van der Waals surface area contributed by atoms with Gasteiger partial charge < -0.3 is 0 Å². The highest BCUT2D eigenvalue weighted by Crippen LogP contribution is 2.09. The van der Waals surface area contributed by atoms with Gasteiger partial charge in [0, 0.05) is 16.7 Å². The molecule has 0 heterocycles. The second-order valence-corrected chi connectivity index (χ2v) is 3.84. The SMILES string of the molecule is CC(C)N=Cc1ccc(Br)cc1. The van der Waals surface area contributed by atoms with E-state index in [0.717, 1.165) is 10.0 Å². The van der Waals surface area contributed by atoms with Gasteiger partial charge in [-0.1, -0.05) is 28.1 Å². The molecule has 0 atom stereocenters. The average molecular weight is 226 g/mol. The third-order valence-corrected chi connectivity index (χ3v) is 1.92. The van der Waals surface area contributed by atoms with Gasteiger partial charge in [-0.2, -0.15) is 0 Å². The monoisotopic (exact) mass is 225 g/mol. The Labute approximate surface area is 81.7 Å². The summed E-state index contributed by atoms with van der Waals surface area (Å²) in [6.07, 6.45) is 1.90. The van der Waals surface area contributed by atoms with Gasteiger partial charge >= 0.3 is 0 Å². The van der Waals surface area contributed by atoms with E-state index in [2.05, 4.69) is 34.8 Å². The smallest absolute Gasteiger partial charge is 0.0443 e. The topological polar surface area (TPSA) is 12.4 Å². The quantitative estimate of drug-likeness (QED) is 0.686. The van der Waals surface area contributed by atoms with Crippen LogP contribution in [0.15, 0.2) is 33.7 Å². The summed E-state index contributed by atoms with van der Waals surface area (Å²) in [5.41, 5.74) is 1.15. The lowest BCUT2D eigenvalue weighted by molar-refractivity contribution is 0.841. The number of halogens is 1. The van der Waals surface area contributed by atoms with Crippen LogP contribution in [0, 0.1) is 0 Å². The summed E-state index contributed by atoms with van der Waals surface area (Å²) in [5, 5.41) is 0. The molecular formula is C10H12BrN. The molecule has 1 nitrogen and oxygen atoms in total. The van der Waals surface area contributed by atoms with Crippen molar-refractivity contribution in [3.05, 3.63) is 34.3 Å². The molecule has 0 unspecified atom stereocenters. The molecule has 1 aromatic rings. The molecule has 1 aromatic carbocycles. The van der Waals surface area contributed by atoms with E-state index < -0.39 is 0 Å². The van der Waals surface area contributed by atoms with Crippen molar-refractivity contribution in [2.24, 2.45) is 4.99 Å². The van der Waals surface area contributed by atoms with Crippen molar-refractivity contribution in [2.75, 3.05) is 0 Å². The lowest BCUT2D eigenvalue weighted by Crippen LogP contribution is -1.89. The highest BCUT2D eigenvalue weighted by Gasteiger charge is 1.88. The number of benzene rings is 1. The summed E-state index contributed by atoms with van der Waals surface area (Å²) >= 11 is 3.38. The third kappa shape index (κ3) is 3.18. The van der Waals surface area contributed by atoms with E-state index in [1.807, 2.05) is 30.5 Å². The fourth-order valence-electron chi connectivity index (χ4n) is 0.784. The van der Waals surface area contributed by atoms with Crippen molar-refractivity contribution in [3.63, 3.8) is 0 Å². The number of nitrogens with zero attached hydrogens (tertiary/aromatic N) is 1. The summed E-state index contributed by atoms with van der Waals surface area (Å²) < 4.78 is 1.10. The van der Waals surface area contributed by atoms with Crippen LogP contribution in [0.25, 0.3) is 0 Å². The lowest BCUT2D eigenvalue weighted by Gasteiger charge is -1.95. The molecule has 2 heteroatoms. The van der Waals surface area contributed by atoms with Crippen molar-refractivity contribution in [3.8, 4) is 0 Å². The highest BCUT2D eigenvalue weighted by molar-refractivity contribution is 9.10. The van der Waals surface area contributed by atoms with E-state index in [1.165, 1.54) is 0 Å². The van der Waals surface area contributed by atoms with Crippen LogP contribution >= 0.6 is 15.9 Å². The minimum Gasteiger partial charge on any atom is -0.290 e. The maximum Gasteiger partial charge on any atom is 0.0443 e. The van der Waals surface area contributed by atoms with Crippen molar-refractivity contribution in [1.82, 2.24) is 0 Å². The first-order valence-electron chi connectivity index (χ1n) is 3.97. The van der Waals surface area contributed by atoms with E-state index >= 15 is 0 Å². The van der Waals surface area contributed by atoms with Gasteiger partial charge in [-0.3, -0.25) is 4.99 Å². The Balaban J connectivity index is 2.71. The molecule has 0 radical (unpaired) electrons. The molecule has 0 saturated carbocycles. The van der Waals surface area contributed by atoms with E-state index in [0.29, 0.717) is 6.04 Å². The number of hydrogen-bond acceptors (Lipinski definition) is 1. The van der Waals surface area contributed by atoms with Gasteiger partial charge in [0.2, 0.25) is 0 Å². The van der Waals surface area contributed by atoms with Crippen molar-refractivity contribution < 1.29 is 0 Å². The van der Waals surface area contributed by atoms with E-state index in [-0.39, 0.29) is 0 Å². The molecule has 0 N–H and O–H groups in total. The Bertz CT molecular complexity index is 262. The van der Waals surface area contributed by atoms with Crippen LogP contribution in [0.2, 0.25) is 0 Å². The molecule has 0 amide bonds. The van der Waals surface area contributed by atoms with Gasteiger partial charge in [-0.05, 0) is 31.5 Å². The van der Waals surface area contributed by atoms with Crippen LogP contribution in [0.1, 0.15) is 19.4 Å². The Morgan fingerprint density at radius 1 is 1.25 bits per heavy atom. The normalized spacial score (nSPS) is 11.3. The molecule has 0 fully saturated rings. The van der Waals surface area contributed by atoms with E-state index in [1.54, 1.807) is 0 Å². The van der Waals surface area contributed by atoms with Crippen LogP contribution in [0.3, 0.4) is 0 Å². The number of rotatable bonds is 2. The summed E-state index contributed by atoms with van der Waals surface area (Å²) in [7, 11) is 0. The lowest BCUT2D eigenvalue weighted by atomic mass is 10.2. The predicted molar refractivity (Wildman–Crippen MR) is 56.9 cm³/mol. The Morgan fingerprint density at radius 3 is 2.33 bits per heavy atom. The minimum absolute atomic E-state index is 0.369. The zero-order valence-electron chi connectivity index (χ0n) is 7.29. The fourth-order valence-corrected chi connectivity index (χ4v) is 1.05. The number of aliphatic imine (C=N–C) groups is 1. The molecule has 0 saturated heterocycles. The molecule has 0 aliphatic heterocycles. The average Bonchev–Trinajstić information content (AvgIpc) is 2.03. The van der Waals surface area contributed by atoms with E-state index in [4.69, 9.17) is 0 Å². The molecule has 0 spiro atoms. The van der Waals surface area contributed by atoms with Gasteiger partial charge in [0.25, 0.3) is 0 Å². The molecule has 0 aliphatic rings. The van der Waals surface area contributed by atoms with Crippen LogP contribution in [-0.4, -0.2) is 12.3 Å². The summed E-state index contributed by atoms with van der Waals surface area (Å²) in [4.78, 5) is 4.28. The Hall–Kier alpha value is -0.630. The standard InChI is InChI=1S/C10H12BrN/c1-8(2)12-7-9-3-5-10(11)6-4-9/h3-8H,1-2H3. The summed E-state index contributed by atoms with van der Waals surface area (Å²) in [5.74, 6) is 0. The second kappa shape index (κ2) is 4.41. The van der Waals surface area contributed by atoms with Gasteiger partial charge in [0.05, 0.1) is 0 Å². The van der Waals surface area contributed by atoms with Gasteiger partial charge in [-0.15, -0.1) is 0 Å². The number of hydrogen-bond donors (Lipinski definition) is 0. The fraction of sp³-hybridized carbons (Fsp3) is 0.300. The Kier molecular flexibility index (Phi) is 3.48. The summed E-state index contributed by atoms with van der Waals surface area (Å²) in [6.45, 7) is 4.13. The second-order valence-electron chi connectivity index (χ2n) is 2.92. The van der Waals surface area contributed by atoms with Gasteiger partial charge in [-0.25, -0.2) is 0 Å². The van der Waals surface area contributed by atoms with Crippen LogP contribution in [0.5, 0.6) is 0 Å². The molecule has 0 bridgehead atoms. The zero-order valence-corrected chi connectivity index (χ0v) is 8.88. The zero-order chi connectivity index (χ0) is 8.97. The first kappa shape index (κ1) is 9.46. The molecular weight excluding hydrogens is 214 g/mol. The van der Waals surface area contributed by atoms with Crippen LogP contribution in [-0.2, 0) is 0 Å². The van der Waals surface area contributed by atoms with Crippen LogP contribution < -0.4 is 0 Å². The highest BCUT2D eigenvalue weighted by atomic mass is 79.9. The molecule has 12 heavy (non-hydrogen) atoms. The largest absolute Gasteiger partial charge is 0.290 e.